The summed E-state index contributed by atoms with van der Waals surface area (Å²) in [5.74, 6) is 0.940. The van der Waals surface area contributed by atoms with Crippen molar-refractivity contribution in [1.29, 1.82) is 0 Å². The molecule has 0 bridgehead atoms. The number of benzene rings is 1. The van der Waals surface area contributed by atoms with Crippen LogP contribution in [0.25, 0.3) is 0 Å². The van der Waals surface area contributed by atoms with Gasteiger partial charge >= 0.3 is 0 Å². The van der Waals surface area contributed by atoms with E-state index in [2.05, 4.69) is 4.90 Å². The molecule has 19 heavy (non-hydrogen) atoms. The van der Waals surface area contributed by atoms with Crippen LogP contribution in [0.3, 0.4) is 0 Å². The molecule has 1 saturated heterocycles. The summed E-state index contributed by atoms with van der Waals surface area (Å²) < 4.78 is 10.9. The molecule has 1 aromatic rings. The number of likely N-dealkylation sites (tertiary alicyclic amines) is 1. The fourth-order valence-corrected chi connectivity index (χ4v) is 3.11. The van der Waals surface area contributed by atoms with E-state index in [0.717, 1.165) is 54.4 Å². The summed E-state index contributed by atoms with van der Waals surface area (Å²) in [5, 5.41) is 0.740. The number of halogens is 1. The standard InChI is InChI=1S/C14H19ClN2O2/c15-12-4-10(6-17-3-1-2-13(16)7-17)14-11(5-12)8-18-9-19-14/h4-5,13H,1-3,6-9,16H2/t13-/m1/s1. The van der Waals surface area contributed by atoms with Crippen LogP contribution in [0.15, 0.2) is 12.1 Å². The molecule has 0 spiro atoms. The topological polar surface area (TPSA) is 47.7 Å². The van der Waals surface area contributed by atoms with Crippen LogP contribution in [0.4, 0.5) is 0 Å². The second kappa shape index (κ2) is 5.67. The first-order valence-corrected chi connectivity index (χ1v) is 7.10. The molecule has 0 radical (unpaired) electrons. The van der Waals surface area contributed by atoms with Crippen LogP contribution in [0.2, 0.25) is 5.02 Å². The Morgan fingerprint density at radius 3 is 3.16 bits per heavy atom. The van der Waals surface area contributed by atoms with Crippen molar-refractivity contribution in [3.63, 3.8) is 0 Å². The van der Waals surface area contributed by atoms with Gasteiger partial charge in [-0.1, -0.05) is 11.6 Å². The number of rotatable bonds is 2. The minimum absolute atomic E-state index is 0.285. The highest BCUT2D eigenvalue weighted by atomic mass is 35.5. The van der Waals surface area contributed by atoms with Crippen LogP contribution in [0.1, 0.15) is 24.0 Å². The number of ether oxygens (including phenoxy) is 2. The maximum absolute atomic E-state index is 6.17. The van der Waals surface area contributed by atoms with Crippen molar-refractivity contribution in [2.24, 2.45) is 5.73 Å². The summed E-state index contributed by atoms with van der Waals surface area (Å²) in [6, 6.07) is 4.20. The summed E-state index contributed by atoms with van der Waals surface area (Å²) in [6.45, 7) is 3.77. The largest absolute Gasteiger partial charge is 0.467 e. The monoisotopic (exact) mass is 282 g/mol. The van der Waals surface area contributed by atoms with Gasteiger partial charge in [-0.3, -0.25) is 4.90 Å². The second-order valence-corrected chi connectivity index (χ2v) is 5.74. The molecule has 2 heterocycles. The van der Waals surface area contributed by atoms with Crippen molar-refractivity contribution in [3.8, 4) is 5.75 Å². The smallest absolute Gasteiger partial charge is 0.189 e. The summed E-state index contributed by atoms with van der Waals surface area (Å²) in [7, 11) is 0. The van der Waals surface area contributed by atoms with E-state index >= 15 is 0 Å². The summed E-state index contributed by atoms with van der Waals surface area (Å²) >= 11 is 6.17. The molecule has 0 aromatic heterocycles. The fraction of sp³-hybridized carbons (Fsp3) is 0.571. The highest BCUT2D eigenvalue weighted by Gasteiger charge is 2.21. The van der Waals surface area contributed by atoms with E-state index < -0.39 is 0 Å². The molecule has 4 nitrogen and oxygen atoms in total. The Bertz CT molecular complexity index is 467. The first-order chi connectivity index (χ1) is 9.22. The van der Waals surface area contributed by atoms with E-state index in [1.807, 2.05) is 12.1 Å². The maximum Gasteiger partial charge on any atom is 0.189 e. The van der Waals surface area contributed by atoms with Gasteiger partial charge in [-0.25, -0.2) is 0 Å². The third-order valence-electron chi connectivity index (χ3n) is 3.69. The zero-order chi connectivity index (χ0) is 13.2. The first-order valence-electron chi connectivity index (χ1n) is 6.72. The van der Waals surface area contributed by atoms with Gasteiger partial charge in [0.25, 0.3) is 0 Å². The van der Waals surface area contributed by atoms with Gasteiger partial charge in [0.2, 0.25) is 0 Å². The van der Waals surface area contributed by atoms with Gasteiger partial charge in [-0.15, -0.1) is 0 Å². The molecule has 5 heteroatoms. The molecule has 1 aromatic carbocycles. The van der Waals surface area contributed by atoms with E-state index in [1.54, 1.807) is 0 Å². The molecule has 1 atom stereocenters. The molecule has 2 aliphatic rings. The number of hydrogen-bond donors (Lipinski definition) is 1. The molecule has 0 saturated carbocycles. The molecule has 3 rings (SSSR count). The molecule has 0 aliphatic carbocycles. The second-order valence-electron chi connectivity index (χ2n) is 5.30. The van der Waals surface area contributed by atoms with Crippen molar-refractivity contribution in [2.75, 3.05) is 19.9 Å². The Labute approximate surface area is 118 Å². The van der Waals surface area contributed by atoms with E-state index in [-0.39, 0.29) is 6.04 Å². The molecule has 2 N–H and O–H groups in total. The Morgan fingerprint density at radius 1 is 1.42 bits per heavy atom. The Hall–Kier alpha value is -0.810. The van der Waals surface area contributed by atoms with Crippen LogP contribution < -0.4 is 10.5 Å². The highest BCUT2D eigenvalue weighted by molar-refractivity contribution is 6.30. The van der Waals surface area contributed by atoms with Crippen LogP contribution in [0, 0.1) is 0 Å². The molecule has 1 fully saturated rings. The Morgan fingerprint density at radius 2 is 2.32 bits per heavy atom. The van der Waals surface area contributed by atoms with Gasteiger partial charge in [0.05, 0.1) is 6.61 Å². The highest BCUT2D eigenvalue weighted by Crippen LogP contribution is 2.32. The quantitative estimate of drug-likeness (QED) is 0.903. The lowest BCUT2D eigenvalue weighted by atomic mass is 10.0. The van der Waals surface area contributed by atoms with Crippen LogP contribution in [-0.2, 0) is 17.9 Å². The lowest BCUT2D eigenvalue weighted by molar-refractivity contribution is -0.0175. The molecule has 0 unspecified atom stereocenters. The van der Waals surface area contributed by atoms with Crippen molar-refractivity contribution < 1.29 is 9.47 Å². The summed E-state index contributed by atoms with van der Waals surface area (Å²) in [4.78, 5) is 2.37. The normalized spacial score (nSPS) is 23.8. The minimum Gasteiger partial charge on any atom is -0.467 e. The SMILES string of the molecule is N[C@@H]1CCCN(Cc2cc(Cl)cc3c2OCOC3)C1. The van der Waals surface area contributed by atoms with Crippen molar-refractivity contribution in [3.05, 3.63) is 28.3 Å². The third kappa shape index (κ3) is 3.03. The van der Waals surface area contributed by atoms with Crippen molar-refractivity contribution in [1.82, 2.24) is 4.90 Å². The van der Waals surface area contributed by atoms with Gasteiger partial charge in [0, 0.05) is 35.3 Å². The van der Waals surface area contributed by atoms with Gasteiger partial charge in [-0.2, -0.15) is 0 Å². The fourth-order valence-electron chi connectivity index (χ4n) is 2.85. The van der Waals surface area contributed by atoms with Crippen LogP contribution in [0.5, 0.6) is 5.75 Å². The zero-order valence-electron chi connectivity index (χ0n) is 10.9. The summed E-state index contributed by atoms with van der Waals surface area (Å²) in [6.07, 6.45) is 2.28. The Kier molecular flexibility index (Phi) is 3.93. The minimum atomic E-state index is 0.285. The van der Waals surface area contributed by atoms with Crippen molar-refractivity contribution in [2.45, 2.75) is 32.0 Å². The molecular formula is C14H19ClN2O2. The predicted molar refractivity (Wildman–Crippen MR) is 74.2 cm³/mol. The van der Waals surface area contributed by atoms with Gasteiger partial charge in [0.15, 0.2) is 6.79 Å². The Balaban J connectivity index is 1.81. The van der Waals surface area contributed by atoms with Crippen LogP contribution >= 0.6 is 11.6 Å². The molecule has 2 aliphatic heterocycles. The lowest BCUT2D eigenvalue weighted by Crippen LogP contribution is -2.42. The molecular weight excluding hydrogens is 264 g/mol. The van der Waals surface area contributed by atoms with Crippen LogP contribution in [-0.4, -0.2) is 30.8 Å². The average Bonchev–Trinajstić information content (AvgIpc) is 2.38. The van der Waals surface area contributed by atoms with E-state index in [9.17, 15) is 0 Å². The number of hydrogen-bond acceptors (Lipinski definition) is 4. The number of piperidine rings is 1. The van der Waals surface area contributed by atoms with Gasteiger partial charge in [-0.05, 0) is 31.5 Å². The third-order valence-corrected chi connectivity index (χ3v) is 3.91. The number of nitrogens with zero attached hydrogens (tertiary/aromatic N) is 1. The lowest BCUT2D eigenvalue weighted by Gasteiger charge is -2.31. The first kappa shape index (κ1) is 13.2. The predicted octanol–water partition coefficient (Wildman–Crippen LogP) is 2.13. The molecule has 0 amide bonds. The van der Waals surface area contributed by atoms with E-state index in [4.69, 9.17) is 26.8 Å². The van der Waals surface area contributed by atoms with Crippen molar-refractivity contribution >= 4 is 11.6 Å². The number of fused-ring (bicyclic) bond motifs is 1. The maximum atomic E-state index is 6.17. The molecule has 104 valence electrons. The summed E-state index contributed by atoms with van der Waals surface area (Å²) in [5.41, 5.74) is 8.20. The zero-order valence-corrected chi connectivity index (χ0v) is 11.7. The number of nitrogens with two attached hydrogens (primary N) is 1. The average molecular weight is 283 g/mol. The van der Waals surface area contributed by atoms with E-state index in [0.29, 0.717) is 13.4 Å². The van der Waals surface area contributed by atoms with Gasteiger partial charge < -0.3 is 15.2 Å². The van der Waals surface area contributed by atoms with E-state index in [1.165, 1.54) is 0 Å². The van der Waals surface area contributed by atoms with Gasteiger partial charge in [0.1, 0.15) is 5.75 Å².